The van der Waals surface area contributed by atoms with Crippen LogP contribution in [0.1, 0.15) is 38.4 Å². The standard InChI is InChI=1S/C14H15NO2S/c1-3-11-13(14(16)17)15-12(18-11)8-10-6-4-9(2)5-7-10/h4-7H,3,8H2,1-2H3,(H,16,17). The fourth-order valence-electron chi connectivity index (χ4n) is 1.76. The molecule has 94 valence electrons. The van der Waals surface area contributed by atoms with Gasteiger partial charge >= 0.3 is 5.97 Å². The Bertz CT molecular complexity index is 558. The zero-order valence-electron chi connectivity index (χ0n) is 10.4. The van der Waals surface area contributed by atoms with Gasteiger partial charge in [0.2, 0.25) is 0 Å². The van der Waals surface area contributed by atoms with Crippen LogP contribution < -0.4 is 0 Å². The Morgan fingerprint density at radius 3 is 2.50 bits per heavy atom. The third-order valence-electron chi connectivity index (χ3n) is 2.74. The topological polar surface area (TPSA) is 50.2 Å². The van der Waals surface area contributed by atoms with Crippen LogP contribution >= 0.6 is 11.3 Å². The molecule has 0 atom stereocenters. The number of aromatic carboxylic acids is 1. The summed E-state index contributed by atoms with van der Waals surface area (Å²) in [4.78, 5) is 16.1. The minimum absolute atomic E-state index is 0.213. The Kier molecular flexibility index (Phi) is 3.77. The van der Waals surface area contributed by atoms with Crippen LogP contribution in [0, 0.1) is 6.92 Å². The lowest BCUT2D eigenvalue weighted by atomic mass is 10.1. The van der Waals surface area contributed by atoms with Crippen LogP contribution in [-0.4, -0.2) is 16.1 Å². The average molecular weight is 261 g/mol. The molecule has 2 aromatic rings. The zero-order chi connectivity index (χ0) is 13.1. The Labute approximate surface area is 110 Å². The van der Waals surface area contributed by atoms with Crippen molar-refractivity contribution in [3.8, 4) is 0 Å². The number of carboxylic acid groups (broad SMARTS) is 1. The fraction of sp³-hybridized carbons (Fsp3) is 0.286. The van der Waals surface area contributed by atoms with Gasteiger partial charge in [-0.2, -0.15) is 0 Å². The van der Waals surface area contributed by atoms with Crippen LogP contribution in [0.3, 0.4) is 0 Å². The van der Waals surface area contributed by atoms with Crippen LogP contribution in [0.2, 0.25) is 0 Å². The third kappa shape index (κ3) is 2.76. The second-order valence-corrected chi connectivity index (χ2v) is 5.37. The highest BCUT2D eigenvalue weighted by Crippen LogP contribution is 2.22. The highest BCUT2D eigenvalue weighted by molar-refractivity contribution is 7.11. The Hall–Kier alpha value is -1.68. The number of hydrogen-bond donors (Lipinski definition) is 1. The summed E-state index contributed by atoms with van der Waals surface area (Å²) in [5.74, 6) is -0.932. The molecular weight excluding hydrogens is 246 g/mol. The normalized spacial score (nSPS) is 10.6. The Morgan fingerprint density at radius 1 is 1.33 bits per heavy atom. The molecule has 1 aromatic heterocycles. The first-order chi connectivity index (χ1) is 8.60. The van der Waals surface area contributed by atoms with Crippen LogP contribution in [-0.2, 0) is 12.8 Å². The highest BCUT2D eigenvalue weighted by Gasteiger charge is 2.15. The number of rotatable bonds is 4. The number of carbonyl (C=O) groups is 1. The van der Waals surface area contributed by atoms with E-state index in [1.165, 1.54) is 16.9 Å². The molecule has 0 radical (unpaired) electrons. The van der Waals surface area contributed by atoms with Crippen molar-refractivity contribution in [2.75, 3.05) is 0 Å². The lowest BCUT2D eigenvalue weighted by Crippen LogP contribution is -2.00. The van der Waals surface area contributed by atoms with Crippen molar-refractivity contribution in [1.29, 1.82) is 0 Å². The summed E-state index contributed by atoms with van der Waals surface area (Å²) in [6, 6.07) is 8.23. The molecule has 0 saturated heterocycles. The van der Waals surface area contributed by atoms with Gasteiger partial charge < -0.3 is 5.11 Å². The van der Waals surface area contributed by atoms with Gasteiger partial charge in [-0.25, -0.2) is 9.78 Å². The number of hydrogen-bond acceptors (Lipinski definition) is 3. The fourth-order valence-corrected chi connectivity index (χ4v) is 2.80. The molecule has 1 heterocycles. The van der Waals surface area contributed by atoms with Crippen molar-refractivity contribution >= 4 is 17.3 Å². The van der Waals surface area contributed by atoms with E-state index >= 15 is 0 Å². The highest BCUT2D eigenvalue weighted by atomic mass is 32.1. The van der Waals surface area contributed by atoms with Gasteiger partial charge in [-0.15, -0.1) is 11.3 Å². The van der Waals surface area contributed by atoms with Crippen molar-refractivity contribution < 1.29 is 9.90 Å². The molecule has 0 spiro atoms. The quantitative estimate of drug-likeness (QED) is 0.918. The van der Waals surface area contributed by atoms with Crippen LogP contribution in [0.4, 0.5) is 0 Å². The van der Waals surface area contributed by atoms with Crippen molar-refractivity contribution in [1.82, 2.24) is 4.98 Å². The van der Waals surface area contributed by atoms with Crippen LogP contribution in [0.25, 0.3) is 0 Å². The van der Waals surface area contributed by atoms with Gasteiger partial charge in [0.05, 0.1) is 5.01 Å². The monoisotopic (exact) mass is 261 g/mol. The zero-order valence-corrected chi connectivity index (χ0v) is 11.3. The predicted octanol–water partition coefficient (Wildman–Crippen LogP) is 3.30. The van der Waals surface area contributed by atoms with Crippen LogP contribution in [0.15, 0.2) is 24.3 Å². The first kappa shape index (κ1) is 12.8. The lowest BCUT2D eigenvalue weighted by molar-refractivity contribution is 0.0690. The largest absolute Gasteiger partial charge is 0.476 e. The van der Waals surface area contributed by atoms with Crippen molar-refractivity contribution in [3.05, 3.63) is 51.0 Å². The number of thiazole rings is 1. The number of carboxylic acids is 1. The van der Waals surface area contributed by atoms with E-state index in [4.69, 9.17) is 5.11 Å². The molecule has 4 heteroatoms. The molecule has 1 N–H and O–H groups in total. The average Bonchev–Trinajstić information content (AvgIpc) is 2.75. The minimum Gasteiger partial charge on any atom is -0.476 e. The summed E-state index contributed by atoms with van der Waals surface area (Å²) < 4.78 is 0. The van der Waals surface area contributed by atoms with E-state index in [-0.39, 0.29) is 5.69 Å². The molecule has 0 aliphatic rings. The van der Waals surface area contributed by atoms with Gasteiger partial charge in [0.15, 0.2) is 5.69 Å². The Morgan fingerprint density at radius 2 is 2.00 bits per heavy atom. The smallest absolute Gasteiger partial charge is 0.355 e. The van der Waals surface area contributed by atoms with Crippen LogP contribution in [0.5, 0.6) is 0 Å². The summed E-state index contributed by atoms with van der Waals surface area (Å²) >= 11 is 1.49. The van der Waals surface area contributed by atoms with E-state index in [0.29, 0.717) is 12.8 Å². The molecule has 3 nitrogen and oxygen atoms in total. The molecule has 0 aliphatic carbocycles. The maximum atomic E-state index is 11.0. The molecule has 0 amide bonds. The van der Waals surface area contributed by atoms with E-state index < -0.39 is 5.97 Å². The van der Waals surface area contributed by atoms with Crippen molar-refractivity contribution in [3.63, 3.8) is 0 Å². The first-order valence-electron chi connectivity index (χ1n) is 5.87. The number of nitrogens with zero attached hydrogens (tertiary/aromatic N) is 1. The summed E-state index contributed by atoms with van der Waals surface area (Å²) in [6.07, 6.45) is 1.42. The lowest BCUT2D eigenvalue weighted by Gasteiger charge is -1.98. The second-order valence-electron chi connectivity index (χ2n) is 4.20. The number of aryl methyl sites for hydroxylation is 2. The molecule has 0 saturated carbocycles. The van der Waals surface area contributed by atoms with Gasteiger partial charge in [-0.05, 0) is 18.9 Å². The maximum absolute atomic E-state index is 11.0. The second kappa shape index (κ2) is 5.31. The van der Waals surface area contributed by atoms with E-state index in [1.807, 2.05) is 13.8 Å². The van der Waals surface area contributed by atoms with Crippen molar-refractivity contribution in [2.24, 2.45) is 0 Å². The first-order valence-corrected chi connectivity index (χ1v) is 6.69. The molecule has 0 fully saturated rings. The summed E-state index contributed by atoms with van der Waals surface area (Å²) in [5, 5.41) is 9.93. The third-order valence-corrected chi connectivity index (χ3v) is 3.94. The summed E-state index contributed by atoms with van der Waals surface area (Å²) in [6.45, 7) is 4.00. The molecule has 0 aliphatic heterocycles. The molecule has 1 aromatic carbocycles. The van der Waals surface area contributed by atoms with Gasteiger partial charge in [0, 0.05) is 11.3 Å². The van der Waals surface area contributed by atoms with Crippen molar-refractivity contribution in [2.45, 2.75) is 26.7 Å². The summed E-state index contributed by atoms with van der Waals surface area (Å²) in [5.41, 5.74) is 2.59. The molecular formula is C14H15NO2S. The molecule has 2 rings (SSSR count). The van der Waals surface area contributed by atoms with E-state index in [2.05, 4.69) is 29.2 Å². The number of benzene rings is 1. The van der Waals surface area contributed by atoms with Gasteiger partial charge in [-0.3, -0.25) is 0 Å². The predicted molar refractivity (Wildman–Crippen MR) is 72.4 cm³/mol. The molecule has 18 heavy (non-hydrogen) atoms. The summed E-state index contributed by atoms with van der Waals surface area (Å²) in [7, 11) is 0. The molecule has 0 bridgehead atoms. The van der Waals surface area contributed by atoms with Gasteiger partial charge in [-0.1, -0.05) is 36.8 Å². The minimum atomic E-state index is -0.932. The van der Waals surface area contributed by atoms with E-state index in [0.717, 1.165) is 15.4 Å². The van der Waals surface area contributed by atoms with Gasteiger partial charge in [0.1, 0.15) is 0 Å². The Balaban J connectivity index is 2.24. The maximum Gasteiger partial charge on any atom is 0.355 e. The van der Waals surface area contributed by atoms with Gasteiger partial charge in [0.25, 0.3) is 0 Å². The SMILES string of the molecule is CCc1sc(Cc2ccc(C)cc2)nc1C(=O)O. The molecule has 0 unspecified atom stereocenters. The van der Waals surface area contributed by atoms with E-state index in [1.54, 1.807) is 0 Å². The number of aromatic nitrogens is 1. The van der Waals surface area contributed by atoms with E-state index in [9.17, 15) is 4.79 Å².